The van der Waals surface area contributed by atoms with Gasteiger partial charge in [-0.3, -0.25) is 19.7 Å². The largest absolute Gasteiger partial charge is 0.496 e. The van der Waals surface area contributed by atoms with Crippen LogP contribution in [0.5, 0.6) is 5.75 Å². The highest BCUT2D eigenvalue weighted by atomic mass is 16.6. The first-order valence-electron chi connectivity index (χ1n) is 9.53. The predicted octanol–water partition coefficient (Wildman–Crippen LogP) is 3.06. The van der Waals surface area contributed by atoms with Gasteiger partial charge in [-0.2, -0.15) is 0 Å². The van der Waals surface area contributed by atoms with Gasteiger partial charge in [-0.25, -0.2) is 0 Å². The van der Waals surface area contributed by atoms with Crippen LogP contribution in [0, 0.1) is 10.1 Å². The molecule has 9 nitrogen and oxygen atoms in total. The number of esters is 1. The second-order valence-electron chi connectivity index (χ2n) is 7.66. The van der Waals surface area contributed by atoms with Gasteiger partial charge in [0.2, 0.25) is 0 Å². The summed E-state index contributed by atoms with van der Waals surface area (Å²) in [6.45, 7) is 8.92. The molecule has 1 amide bonds. The van der Waals surface area contributed by atoms with Gasteiger partial charge in [0, 0.05) is 30.7 Å². The van der Waals surface area contributed by atoms with E-state index in [1.165, 1.54) is 36.1 Å². The number of nitro benzene ring substituents is 1. The molecule has 0 fully saturated rings. The lowest BCUT2D eigenvalue weighted by Gasteiger charge is -2.46. The number of carbonyl (C=O) groups excluding carboxylic acids is 2. The van der Waals surface area contributed by atoms with Gasteiger partial charge in [-0.05, 0) is 26.3 Å². The van der Waals surface area contributed by atoms with Crippen molar-refractivity contribution in [3.63, 3.8) is 0 Å². The number of nitrogens with zero attached hydrogens (tertiary/aromatic N) is 2. The number of non-ortho nitro benzene ring substituents is 1. The molecule has 0 aromatic heterocycles. The highest BCUT2D eigenvalue weighted by Crippen LogP contribution is 2.46. The lowest BCUT2D eigenvalue weighted by atomic mass is 9.85. The molecule has 9 heteroatoms. The Morgan fingerprint density at radius 2 is 2.20 bits per heavy atom. The number of nitro groups is 1. The van der Waals surface area contributed by atoms with Gasteiger partial charge in [0.1, 0.15) is 23.2 Å². The van der Waals surface area contributed by atoms with E-state index < -0.39 is 28.6 Å². The lowest BCUT2D eigenvalue weighted by Crippen LogP contribution is -2.55. The van der Waals surface area contributed by atoms with E-state index in [0.29, 0.717) is 30.1 Å². The molecular weight excluding hydrogens is 392 g/mol. The Morgan fingerprint density at radius 1 is 1.47 bits per heavy atom. The minimum absolute atomic E-state index is 0.148. The molecule has 160 valence electrons. The van der Waals surface area contributed by atoms with Crippen LogP contribution in [0.1, 0.15) is 38.8 Å². The van der Waals surface area contributed by atoms with E-state index in [1.54, 1.807) is 19.9 Å². The van der Waals surface area contributed by atoms with Crippen LogP contribution < -0.4 is 4.74 Å². The van der Waals surface area contributed by atoms with Crippen molar-refractivity contribution >= 4 is 17.6 Å². The number of fused-ring (bicyclic) bond motifs is 1. The molecule has 0 saturated heterocycles. The Morgan fingerprint density at radius 3 is 2.83 bits per heavy atom. The van der Waals surface area contributed by atoms with Crippen LogP contribution in [0.2, 0.25) is 0 Å². The number of amides is 1. The summed E-state index contributed by atoms with van der Waals surface area (Å²) in [5.74, 6) is -0.00828. The average Bonchev–Trinajstić information content (AvgIpc) is 3.01. The Balaban J connectivity index is 2.03. The van der Waals surface area contributed by atoms with E-state index in [4.69, 9.17) is 14.2 Å². The zero-order valence-corrected chi connectivity index (χ0v) is 17.1. The first-order valence-corrected chi connectivity index (χ1v) is 9.53. The van der Waals surface area contributed by atoms with Crippen LogP contribution in [0.25, 0.3) is 0 Å². The normalized spacial score (nSPS) is 21.9. The smallest absolute Gasteiger partial charge is 0.303 e. The Kier molecular flexibility index (Phi) is 5.82. The quantitative estimate of drug-likeness (QED) is 0.221. The first kappa shape index (κ1) is 21.4. The van der Waals surface area contributed by atoms with Gasteiger partial charge >= 0.3 is 5.97 Å². The summed E-state index contributed by atoms with van der Waals surface area (Å²) in [7, 11) is 0. The molecule has 0 radical (unpaired) electrons. The zero-order chi connectivity index (χ0) is 22.1. The second-order valence-corrected chi connectivity index (χ2v) is 7.66. The topological polar surface area (TPSA) is 108 Å². The van der Waals surface area contributed by atoms with Gasteiger partial charge in [0.25, 0.3) is 11.6 Å². The van der Waals surface area contributed by atoms with Crippen molar-refractivity contribution in [3.8, 4) is 5.75 Å². The second kappa shape index (κ2) is 8.17. The van der Waals surface area contributed by atoms with E-state index in [9.17, 15) is 19.7 Å². The summed E-state index contributed by atoms with van der Waals surface area (Å²) in [5, 5.41) is 11.3. The molecule has 3 rings (SSSR count). The van der Waals surface area contributed by atoms with E-state index in [0.717, 1.165) is 0 Å². The van der Waals surface area contributed by atoms with E-state index in [2.05, 4.69) is 6.58 Å². The van der Waals surface area contributed by atoms with Crippen molar-refractivity contribution in [2.24, 2.45) is 0 Å². The van der Waals surface area contributed by atoms with Gasteiger partial charge in [-0.1, -0.05) is 6.08 Å². The van der Waals surface area contributed by atoms with Gasteiger partial charge in [0.15, 0.2) is 6.10 Å². The third-order valence-corrected chi connectivity index (χ3v) is 5.00. The average molecular weight is 416 g/mol. The van der Waals surface area contributed by atoms with Crippen molar-refractivity contribution in [1.29, 1.82) is 0 Å². The van der Waals surface area contributed by atoms with Crippen molar-refractivity contribution in [2.45, 2.75) is 44.9 Å². The third kappa shape index (κ3) is 4.14. The summed E-state index contributed by atoms with van der Waals surface area (Å²) in [5.41, 5.74) is -0.721. The molecular formula is C21H24N2O7. The van der Waals surface area contributed by atoms with E-state index in [1.807, 2.05) is 0 Å². The third-order valence-electron chi connectivity index (χ3n) is 5.00. The number of rotatable bonds is 7. The molecule has 30 heavy (non-hydrogen) atoms. The van der Waals surface area contributed by atoms with Gasteiger partial charge < -0.3 is 19.1 Å². The molecule has 2 heterocycles. The Bertz CT molecular complexity index is 922. The summed E-state index contributed by atoms with van der Waals surface area (Å²) in [4.78, 5) is 36.9. The number of ether oxygens (including phenoxy) is 3. The highest BCUT2D eigenvalue weighted by Gasteiger charge is 2.51. The number of hydrogen-bond acceptors (Lipinski definition) is 7. The zero-order valence-electron chi connectivity index (χ0n) is 17.1. The fourth-order valence-corrected chi connectivity index (χ4v) is 3.68. The maximum absolute atomic E-state index is 12.8. The van der Waals surface area contributed by atoms with Gasteiger partial charge in [0.05, 0.1) is 18.1 Å². The molecule has 0 N–H and O–H groups in total. The molecule has 0 saturated carbocycles. The van der Waals surface area contributed by atoms with Crippen molar-refractivity contribution in [2.75, 3.05) is 13.2 Å². The number of benzene rings is 1. The monoisotopic (exact) mass is 416 g/mol. The van der Waals surface area contributed by atoms with Crippen LogP contribution in [-0.4, -0.2) is 46.6 Å². The van der Waals surface area contributed by atoms with Gasteiger partial charge in [-0.15, -0.1) is 6.58 Å². The molecule has 0 aliphatic carbocycles. The Hall–Kier alpha value is -3.36. The first-order chi connectivity index (χ1) is 14.1. The molecule has 2 unspecified atom stereocenters. The van der Waals surface area contributed by atoms with Crippen LogP contribution >= 0.6 is 0 Å². The molecule has 0 spiro atoms. The molecule has 2 atom stereocenters. The number of carbonyl (C=O) groups is 2. The van der Waals surface area contributed by atoms with E-state index >= 15 is 0 Å². The summed E-state index contributed by atoms with van der Waals surface area (Å²) < 4.78 is 17.2. The summed E-state index contributed by atoms with van der Waals surface area (Å²) in [6, 6.07) is 3.42. The summed E-state index contributed by atoms with van der Waals surface area (Å²) >= 11 is 0. The Labute approximate surface area is 174 Å². The molecule has 1 aromatic rings. The maximum Gasteiger partial charge on any atom is 0.303 e. The molecule has 2 aliphatic heterocycles. The van der Waals surface area contributed by atoms with Crippen molar-refractivity contribution in [3.05, 3.63) is 58.4 Å². The standard InChI is InChI=1S/C21H24N2O7/c1-5-6-9-28-15-11-18(25)22(12-15)19-16-10-14(23(26)27)7-8-17(16)30-21(3,4)20(19)29-13(2)24/h5,7-8,10-11,19-20H,1,6,9,12H2,2-4H3. The van der Waals surface area contributed by atoms with Crippen molar-refractivity contribution in [1.82, 2.24) is 4.90 Å². The maximum atomic E-state index is 12.8. The number of hydrogen-bond donors (Lipinski definition) is 0. The highest BCUT2D eigenvalue weighted by molar-refractivity contribution is 5.91. The van der Waals surface area contributed by atoms with Crippen LogP contribution in [0.15, 0.2) is 42.7 Å². The predicted molar refractivity (Wildman–Crippen MR) is 107 cm³/mol. The van der Waals surface area contributed by atoms with Crippen LogP contribution in [0.4, 0.5) is 5.69 Å². The van der Waals surface area contributed by atoms with Crippen LogP contribution in [-0.2, 0) is 19.1 Å². The fraction of sp³-hybridized carbons (Fsp3) is 0.429. The van der Waals surface area contributed by atoms with E-state index in [-0.39, 0.29) is 18.1 Å². The molecule has 0 bridgehead atoms. The van der Waals surface area contributed by atoms with Crippen molar-refractivity contribution < 1.29 is 28.7 Å². The SMILES string of the molecule is C=CCCOC1=CC(=O)N(C2c3cc([N+](=O)[O-])ccc3OC(C)(C)C2OC(C)=O)C1. The molecule has 1 aromatic carbocycles. The fourth-order valence-electron chi connectivity index (χ4n) is 3.68. The van der Waals surface area contributed by atoms with Crippen LogP contribution in [0.3, 0.4) is 0 Å². The minimum atomic E-state index is -0.980. The minimum Gasteiger partial charge on any atom is -0.496 e. The lowest BCUT2D eigenvalue weighted by molar-refractivity contribution is -0.385. The summed E-state index contributed by atoms with van der Waals surface area (Å²) in [6.07, 6.45) is 2.84. The molecule has 2 aliphatic rings.